The van der Waals surface area contributed by atoms with Crippen molar-refractivity contribution >= 4 is 0 Å². The Labute approximate surface area is 64.3 Å². The first-order valence-corrected chi connectivity index (χ1v) is 4.28. The van der Waals surface area contributed by atoms with Crippen molar-refractivity contribution in [3.8, 4) is 0 Å². The summed E-state index contributed by atoms with van der Waals surface area (Å²) in [5.41, 5.74) is 2.28. The molecule has 1 rings (SSSR count). The minimum atomic E-state index is 0.618. The average Bonchev–Trinajstić information content (AvgIpc) is 1.88. The van der Waals surface area contributed by atoms with Crippen molar-refractivity contribution in [2.24, 2.45) is 5.41 Å². The van der Waals surface area contributed by atoms with Crippen LogP contribution in [-0.2, 0) is 0 Å². The van der Waals surface area contributed by atoms with Crippen molar-refractivity contribution in [2.75, 3.05) is 0 Å². The van der Waals surface area contributed by atoms with Crippen LogP contribution in [0.5, 0.6) is 0 Å². The first kappa shape index (κ1) is 7.84. The molecule has 0 amide bonds. The summed E-state index contributed by atoms with van der Waals surface area (Å²) in [6.45, 7) is 6.91. The second-order valence-corrected chi connectivity index (χ2v) is 4.11. The van der Waals surface area contributed by atoms with Gasteiger partial charge < -0.3 is 0 Å². The molecule has 0 heteroatoms. The molecule has 0 spiro atoms. The highest BCUT2D eigenvalue weighted by molar-refractivity contribution is 5.04. The number of allylic oxidation sites excluding steroid dienone is 2. The average molecular weight is 138 g/mol. The van der Waals surface area contributed by atoms with Gasteiger partial charge >= 0.3 is 0 Å². The molecule has 1 aliphatic rings. The van der Waals surface area contributed by atoms with E-state index in [2.05, 4.69) is 26.8 Å². The van der Waals surface area contributed by atoms with E-state index in [0.29, 0.717) is 5.41 Å². The first-order chi connectivity index (χ1) is 4.64. The molecule has 0 saturated heterocycles. The van der Waals surface area contributed by atoms with Gasteiger partial charge in [-0.15, -0.1) is 0 Å². The lowest BCUT2D eigenvalue weighted by Gasteiger charge is -2.30. The molecule has 0 aliphatic heterocycles. The summed E-state index contributed by atoms with van der Waals surface area (Å²) in [6, 6.07) is 0. The fourth-order valence-corrected chi connectivity index (χ4v) is 1.54. The topological polar surface area (TPSA) is 0 Å². The fraction of sp³-hybridized carbons (Fsp3) is 0.800. The molecule has 10 heavy (non-hydrogen) atoms. The molecule has 0 atom stereocenters. The molecule has 0 unspecified atom stereocenters. The maximum absolute atomic E-state index is 2.37. The van der Waals surface area contributed by atoms with E-state index >= 15 is 0 Å². The van der Waals surface area contributed by atoms with E-state index in [1.54, 1.807) is 5.57 Å². The molecular formula is C10H18. The van der Waals surface area contributed by atoms with Crippen LogP contribution in [0.15, 0.2) is 11.6 Å². The van der Waals surface area contributed by atoms with Gasteiger partial charge in [-0.3, -0.25) is 0 Å². The van der Waals surface area contributed by atoms with Gasteiger partial charge in [-0.1, -0.05) is 25.5 Å². The minimum Gasteiger partial charge on any atom is -0.0885 e. The molecular weight excluding hydrogens is 120 g/mol. The van der Waals surface area contributed by atoms with Crippen LogP contribution in [0.3, 0.4) is 0 Å². The lowest BCUT2D eigenvalue weighted by molar-refractivity contribution is 0.278. The summed E-state index contributed by atoms with van der Waals surface area (Å²) in [5, 5.41) is 0. The highest BCUT2D eigenvalue weighted by atomic mass is 14.3. The molecule has 1 aliphatic carbocycles. The van der Waals surface area contributed by atoms with Gasteiger partial charge in [0, 0.05) is 0 Å². The summed E-state index contributed by atoms with van der Waals surface area (Å²) >= 11 is 0. The summed E-state index contributed by atoms with van der Waals surface area (Å²) in [7, 11) is 0. The van der Waals surface area contributed by atoms with Crippen LogP contribution in [0, 0.1) is 5.41 Å². The molecule has 0 radical (unpaired) electrons. The maximum Gasteiger partial charge on any atom is -0.0315 e. The molecule has 58 valence electrons. The zero-order valence-corrected chi connectivity index (χ0v) is 7.41. The van der Waals surface area contributed by atoms with Gasteiger partial charge in [-0.05, 0) is 38.0 Å². The second-order valence-electron chi connectivity index (χ2n) is 4.11. The van der Waals surface area contributed by atoms with Crippen molar-refractivity contribution in [3.63, 3.8) is 0 Å². The minimum absolute atomic E-state index is 0.618. The van der Waals surface area contributed by atoms with Crippen LogP contribution >= 0.6 is 0 Å². The Balaban J connectivity index is 2.46. The van der Waals surface area contributed by atoms with E-state index in [0.717, 1.165) is 0 Å². The second kappa shape index (κ2) is 2.77. The van der Waals surface area contributed by atoms with Crippen LogP contribution in [-0.4, -0.2) is 0 Å². The first-order valence-electron chi connectivity index (χ1n) is 4.28. The molecule has 0 aromatic carbocycles. The Hall–Kier alpha value is -0.260. The summed E-state index contributed by atoms with van der Waals surface area (Å²) in [4.78, 5) is 0. The van der Waals surface area contributed by atoms with E-state index in [4.69, 9.17) is 0 Å². The van der Waals surface area contributed by atoms with E-state index in [-0.39, 0.29) is 0 Å². The van der Waals surface area contributed by atoms with E-state index in [1.165, 1.54) is 25.7 Å². The molecule has 0 N–H and O–H groups in total. The zero-order valence-electron chi connectivity index (χ0n) is 7.41. The third kappa shape index (κ3) is 1.86. The molecule has 0 aromatic rings. The normalized spacial score (nSPS) is 24.5. The van der Waals surface area contributed by atoms with Crippen molar-refractivity contribution in [1.29, 1.82) is 0 Å². The van der Waals surface area contributed by atoms with Crippen LogP contribution < -0.4 is 0 Å². The predicted molar refractivity (Wildman–Crippen MR) is 46.0 cm³/mol. The van der Waals surface area contributed by atoms with Gasteiger partial charge in [0.25, 0.3) is 0 Å². The van der Waals surface area contributed by atoms with Crippen molar-refractivity contribution in [3.05, 3.63) is 11.6 Å². The molecule has 0 bridgehead atoms. The third-order valence-corrected chi connectivity index (χ3v) is 2.65. The van der Waals surface area contributed by atoms with Crippen molar-refractivity contribution in [2.45, 2.75) is 46.5 Å². The lowest BCUT2D eigenvalue weighted by atomic mass is 9.75. The molecule has 1 saturated carbocycles. The summed E-state index contributed by atoms with van der Waals surface area (Å²) in [5.74, 6) is 0. The van der Waals surface area contributed by atoms with Crippen LogP contribution in [0.1, 0.15) is 46.5 Å². The Morgan fingerprint density at radius 2 is 1.70 bits per heavy atom. The molecule has 1 fully saturated rings. The fourth-order valence-electron chi connectivity index (χ4n) is 1.54. The van der Waals surface area contributed by atoms with Gasteiger partial charge in [0.1, 0.15) is 0 Å². The quantitative estimate of drug-likeness (QED) is 0.449. The molecule has 0 nitrogen and oxygen atoms in total. The Kier molecular flexibility index (Phi) is 2.18. The largest absolute Gasteiger partial charge is 0.0885 e. The summed E-state index contributed by atoms with van der Waals surface area (Å²) in [6.07, 6.45) is 7.72. The van der Waals surface area contributed by atoms with E-state index < -0.39 is 0 Å². The smallest absolute Gasteiger partial charge is 0.0315 e. The SMILES string of the molecule is CC=C1CCC(C)(C)CC1. The van der Waals surface area contributed by atoms with Gasteiger partial charge in [0.05, 0.1) is 0 Å². The van der Waals surface area contributed by atoms with Gasteiger partial charge in [0.15, 0.2) is 0 Å². The van der Waals surface area contributed by atoms with Crippen molar-refractivity contribution < 1.29 is 0 Å². The highest BCUT2D eigenvalue weighted by Gasteiger charge is 2.22. The van der Waals surface area contributed by atoms with Crippen LogP contribution in [0.4, 0.5) is 0 Å². The van der Waals surface area contributed by atoms with Gasteiger partial charge in [0.2, 0.25) is 0 Å². The maximum atomic E-state index is 2.37. The van der Waals surface area contributed by atoms with Crippen LogP contribution in [0.2, 0.25) is 0 Å². The number of rotatable bonds is 0. The Morgan fingerprint density at radius 1 is 1.20 bits per heavy atom. The number of hydrogen-bond donors (Lipinski definition) is 0. The zero-order chi connectivity index (χ0) is 7.61. The Bertz CT molecular complexity index is 128. The molecule has 0 heterocycles. The van der Waals surface area contributed by atoms with Gasteiger partial charge in [-0.2, -0.15) is 0 Å². The monoisotopic (exact) mass is 138 g/mol. The van der Waals surface area contributed by atoms with E-state index in [9.17, 15) is 0 Å². The molecule has 0 aromatic heterocycles. The number of hydrogen-bond acceptors (Lipinski definition) is 0. The van der Waals surface area contributed by atoms with Crippen molar-refractivity contribution in [1.82, 2.24) is 0 Å². The Morgan fingerprint density at radius 3 is 2.10 bits per heavy atom. The lowest BCUT2D eigenvalue weighted by Crippen LogP contribution is -2.16. The third-order valence-electron chi connectivity index (χ3n) is 2.65. The predicted octanol–water partition coefficient (Wildman–Crippen LogP) is 3.53. The van der Waals surface area contributed by atoms with Gasteiger partial charge in [-0.25, -0.2) is 0 Å². The van der Waals surface area contributed by atoms with E-state index in [1.807, 2.05) is 0 Å². The summed E-state index contributed by atoms with van der Waals surface area (Å²) < 4.78 is 0. The standard InChI is InChI=1S/C10H18/c1-4-9-5-7-10(2,3)8-6-9/h4H,5-8H2,1-3H3. The van der Waals surface area contributed by atoms with Crippen LogP contribution in [0.25, 0.3) is 0 Å². The highest BCUT2D eigenvalue weighted by Crippen LogP contribution is 2.37.